The molecule has 14 heavy (non-hydrogen) atoms. The van der Waals surface area contributed by atoms with Crippen molar-refractivity contribution < 1.29 is 9.53 Å². The Balaban J connectivity index is 2.47. The normalized spacial score (nSPS) is 12.4. The molecule has 1 aromatic rings. The summed E-state index contributed by atoms with van der Waals surface area (Å²) in [4.78, 5) is 11.4. The molecule has 0 aliphatic carbocycles. The average molecular weight is 198 g/mol. The van der Waals surface area contributed by atoms with E-state index in [0.717, 1.165) is 0 Å². The molecule has 0 saturated heterocycles. The van der Waals surface area contributed by atoms with Crippen molar-refractivity contribution in [3.63, 3.8) is 0 Å². The van der Waals surface area contributed by atoms with E-state index >= 15 is 0 Å². The Kier molecular flexibility index (Phi) is 3.47. The van der Waals surface area contributed by atoms with Crippen LogP contribution in [0.1, 0.15) is 17.3 Å². The minimum Gasteiger partial charge on any atom is -0.383 e. The molecular weight excluding hydrogens is 184 g/mol. The van der Waals surface area contributed by atoms with E-state index in [-0.39, 0.29) is 17.8 Å². The molecule has 0 radical (unpaired) electrons. The molecule has 1 heterocycles. The van der Waals surface area contributed by atoms with Crippen LogP contribution in [0.15, 0.2) is 6.20 Å². The van der Waals surface area contributed by atoms with Gasteiger partial charge in [0.05, 0.1) is 12.3 Å². The molecule has 0 spiro atoms. The highest BCUT2D eigenvalue weighted by Crippen LogP contribution is 2.04. The number of carbonyl (C=O) groups is 1. The van der Waals surface area contributed by atoms with Crippen LogP contribution in [-0.2, 0) is 4.74 Å². The van der Waals surface area contributed by atoms with Crippen LogP contribution >= 0.6 is 0 Å². The Labute approximate surface area is 81.8 Å². The predicted molar refractivity (Wildman–Crippen MR) is 51.8 cm³/mol. The minimum atomic E-state index is -0.250. The van der Waals surface area contributed by atoms with Crippen LogP contribution in [0.25, 0.3) is 0 Å². The van der Waals surface area contributed by atoms with E-state index < -0.39 is 0 Å². The third kappa shape index (κ3) is 2.46. The molecule has 6 heteroatoms. The summed E-state index contributed by atoms with van der Waals surface area (Å²) < 4.78 is 4.98. The lowest BCUT2D eigenvalue weighted by Crippen LogP contribution is -2.31. The molecule has 0 fully saturated rings. The van der Waals surface area contributed by atoms with Gasteiger partial charge in [0.1, 0.15) is 11.4 Å². The van der Waals surface area contributed by atoms with Crippen molar-refractivity contribution in [3.8, 4) is 0 Å². The van der Waals surface area contributed by atoms with Crippen LogP contribution in [0.2, 0.25) is 0 Å². The van der Waals surface area contributed by atoms with Gasteiger partial charge in [-0.1, -0.05) is 0 Å². The van der Waals surface area contributed by atoms with Gasteiger partial charge in [0, 0.05) is 13.7 Å². The zero-order valence-electron chi connectivity index (χ0n) is 8.20. The van der Waals surface area contributed by atoms with E-state index in [2.05, 4.69) is 15.5 Å². The van der Waals surface area contributed by atoms with Crippen molar-refractivity contribution in [1.29, 1.82) is 0 Å². The van der Waals surface area contributed by atoms with E-state index in [9.17, 15) is 4.79 Å². The summed E-state index contributed by atoms with van der Waals surface area (Å²) in [6.07, 6.45) is 1.37. The van der Waals surface area contributed by atoms with E-state index in [1.807, 2.05) is 6.92 Å². The van der Waals surface area contributed by atoms with E-state index in [4.69, 9.17) is 10.5 Å². The monoisotopic (exact) mass is 198 g/mol. The molecule has 1 unspecified atom stereocenters. The number of hydrogen-bond donors (Lipinski definition) is 3. The predicted octanol–water partition coefficient (Wildman–Crippen LogP) is -0.243. The molecule has 6 nitrogen and oxygen atoms in total. The molecule has 78 valence electrons. The first kappa shape index (κ1) is 10.5. The van der Waals surface area contributed by atoms with Crippen molar-refractivity contribution in [2.75, 3.05) is 19.4 Å². The van der Waals surface area contributed by atoms with E-state index in [1.165, 1.54) is 6.20 Å². The van der Waals surface area contributed by atoms with Crippen LogP contribution in [0.4, 0.5) is 5.82 Å². The third-order valence-corrected chi connectivity index (χ3v) is 1.87. The molecule has 1 atom stereocenters. The van der Waals surface area contributed by atoms with Gasteiger partial charge in [-0.2, -0.15) is 5.10 Å². The summed E-state index contributed by atoms with van der Waals surface area (Å²) in [7, 11) is 1.59. The van der Waals surface area contributed by atoms with Crippen LogP contribution < -0.4 is 11.1 Å². The highest BCUT2D eigenvalue weighted by molar-refractivity contribution is 5.98. The largest absolute Gasteiger partial charge is 0.383 e. The molecule has 1 amide bonds. The van der Waals surface area contributed by atoms with Gasteiger partial charge in [0.2, 0.25) is 0 Å². The number of nitrogen functional groups attached to an aromatic ring is 1. The highest BCUT2D eigenvalue weighted by Gasteiger charge is 2.11. The maximum atomic E-state index is 11.4. The van der Waals surface area contributed by atoms with Crippen molar-refractivity contribution in [2.24, 2.45) is 0 Å². The van der Waals surface area contributed by atoms with Crippen molar-refractivity contribution >= 4 is 11.7 Å². The zero-order valence-corrected chi connectivity index (χ0v) is 8.20. The fourth-order valence-corrected chi connectivity index (χ4v) is 0.892. The number of ether oxygens (including phenoxy) is 1. The van der Waals surface area contributed by atoms with Crippen molar-refractivity contribution in [3.05, 3.63) is 11.8 Å². The van der Waals surface area contributed by atoms with Crippen LogP contribution in [0.5, 0.6) is 0 Å². The van der Waals surface area contributed by atoms with Gasteiger partial charge >= 0.3 is 0 Å². The number of rotatable bonds is 4. The van der Waals surface area contributed by atoms with Crippen molar-refractivity contribution in [2.45, 2.75) is 13.0 Å². The van der Waals surface area contributed by atoms with Gasteiger partial charge in [-0.05, 0) is 6.92 Å². The minimum absolute atomic E-state index is 0.0212. The molecule has 1 aromatic heterocycles. The molecule has 0 aliphatic heterocycles. The number of nitrogens with one attached hydrogen (secondary N) is 2. The number of methoxy groups -OCH3 is 1. The first-order valence-corrected chi connectivity index (χ1v) is 4.25. The third-order valence-electron chi connectivity index (χ3n) is 1.87. The van der Waals surface area contributed by atoms with Crippen LogP contribution in [0, 0.1) is 0 Å². The maximum absolute atomic E-state index is 11.4. The Bertz CT molecular complexity index is 310. The topological polar surface area (TPSA) is 93.0 Å². The van der Waals surface area contributed by atoms with Gasteiger partial charge in [0.25, 0.3) is 5.91 Å². The number of H-pyrrole nitrogens is 1. The SMILES string of the molecule is COC(C)CNC(=O)c1cn[nH]c1N. The molecule has 0 bridgehead atoms. The number of nitrogens with zero attached hydrogens (tertiary/aromatic N) is 1. The van der Waals surface area contributed by atoms with Gasteiger partial charge in [-0.25, -0.2) is 0 Å². The van der Waals surface area contributed by atoms with Crippen molar-refractivity contribution in [1.82, 2.24) is 15.5 Å². The number of aromatic amines is 1. The summed E-state index contributed by atoms with van der Waals surface area (Å²) in [6, 6.07) is 0. The standard InChI is InChI=1S/C8H14N4O2/c1-5(14-2)3-10-8(13)6-4-11-12-7(6)9/h4-5H,3H2,1-2H3,(H,10,13)(H3,9,11,12). The lowest BCUT2D eigenvalue weighted by Gasteiger charge is -2.09. The fourth-order valence-electron chi connectivity index (χ4n) is 0.892. The van der Waals surface area contributed by atoms with Gasteiger partial charge < -0.3 is 15.8 Å². The second-order valence-electron chi connectivity index (χ2n) is 2.95. The van der Waals surface area contributed by atoms with E-state index in [1.54, 1.807) is 7.11 Å². The first-order valence-electron chi connectivity index (χ1n) is 4.25. The second-order valence-corrected chi connectivity index (χ2v) is 2.95. The Hall–Kier alpha value is -1.56. The number of amides is 1. The molecule has 0 aromatic carbocycles. The summed E-state index contributed by atoms with van der Waals surface area (Å²) in [6.45, 7) is 2.30. The number of anilines is 1. The van der Waals surface area contributed by atoms with Gasteiger partial charge in [0.15, 0.2) is 0 Å². The zero-order chi connectivity index (χ0) is 10.6. The molecule has 1 rings (SSSR count). The quantitative estimate of drug-likeness (QED) is 0.622. The lowest BCUT2D eigenvalue weighted by atomic mass is 10.3. The van der Waals surface area contributed by atoms with Crippen LogP contribution in [0.3, 0.4) is 0 Å². The lowest BCUT2D eigenvalue weighted by molar-refractivity contribution is 0.0871. The maximum Gasteiger partial charge on any atom is 0.256 e. The number of nitrogens with two attached hydrogens (primary N) is 1. The summed E-state index contributed by atoms with van der Waals surface area (Å²) in [5.41, 5.74) is 5.83. The molecule has 0 saturated carbocycles. The highest BCUT2D eigenvalue weighted by atomic mass is 16.5. The summed E-state index contributed by atoms with van der Waals surface area (Å²) in [5, 5.41) is 8.81. The molecule has 4 N–H and O–H groups in total. The Morgan fingerprint density at radius 1 is 1.86 bits per heavy atom. The summed E-state index contributed by atoms with van der Waals surface area (Å²) in [5.74, 6) is 0.0210. The smallest absolute Gasteiger partial charge is 0.256 e. The number of aromatic nitrogens is 2. The first-order chi connectivity index (χ1) is 6.65. The fraction of sp³-hybridized carbons (Fsp3) is 0.500. The molecule has 0 aliphatic rings. The summed E-state index contributed by atoms with van der Waals surface area (Å²) >= 11 is 0. The van der Waals surface area contributed by atoms with Gasteiger partial charge in [-0.3, -0.25) is 9.89 Å². The Morgan fingerprint density at radius 2 is 2.57 bits per heavy atom. The Morgan fingerprint density at radius 3 is 3.07 bits per heavy atom. The molecular formula is C8H14N4O2. The average Bonchev–Trinajstić information content (AvgIpc) is 2.60. The van der Waals surface area contributed by atoms with Crippen LogP contribution in [-0.4, -0.2) is 35.9 Å². The van der Waals surface area contributed by atoms with Gasteiger partial charge in [-0.15, -0.1) is 0 Å². The number of carbonyl (C=O) groups excluding carboxylic acids is 1. The van der Waals surface area contributed by atoms with E-state index in [0.29, 0.717) is 12.1 Å². The second kappa shape index (κ2) is 4.61. The number of hydrogen-bond acceptors (Lipinski definition) is 4.